The Kier molecular flexibility index (Phi) is 60.9. The predicted octanol–water partition coefficient (Wildman–Crippen LogP) is 20.9. The van der Waals surface area contributed by atoms with Crippen molar-refractivity contribution in [1.82, 2.24) is 5.32 Å². The Balaban J connectivity index is 3.57. The largest absolute Gasteiger partial charge is 0.394 e. The molecule has 0 saturated heterocycles. The fraction of sp³-hybridized carbons (Fsp3) is 0.838. The monoisotopic (exact) mass is 1020 g/mol. The van der Waals surface area contributed by atoms with Crippen LogP contribution in [0.3, 0.4) is 0 Å². The van der Waals surface area contributed by atoms with Gasteiger partial charge in [0.2, 0.25) is 5.91 Å². The Bertz CT molecular complexity index is 1220. The lowest BCUT2D eigenvalue weighted by Gasteiger charge is -2.21. The van der Waals surface area contributed by atoms with Crippen LogP contribution in [0, 0.1) is 0 Å². The second kappa shape index (κ2) is 62.6. The number of amides is 1. The second-order valence-electron chi connectivity index (χ2n) is 22.3. The quantitative estimate of drug-likeness (QED) is 0.0361. The Hall–Kier alpha value is -1.95. The number of carbonyl (C=O) groups excluding carboxylic acids is 1. The molecule has 0 aliphatic carbocycles. The highest BCUT2D eigenvalue weighted by Crippen LogP contribution is 2.18. The van der Waals surface area contributed by atoms with E-state index >= 15 is 0 Å². The first kappa shape index (κ1) is 71.0. The molecule has 0 heterocycles. The molecule has 0 aromatic rings. The minimum atomic E-state index is -1.11. The normalized spacial score (nSPS) is 13.5. The molecule has 0 spiro atoms. The minimum absolute atomic E-state index is 0.381. The van der Waals surface area contributed by atoms with Gasteiger partial charge in [-0.25, -0.2) is 0 Å². The van der Waals surface area contributed by atoms with Crippen molar-refractivity contribution in [2.24, 2.45) is 0 Å². The number of carbonyl (C=O) groups is 1. The van der Waals surface area contributed by atoms with Gasteiger partial charge in [0.15, 0.2) is 0 Å². The summed E-state index contributed by atoms with van der Waals surface area (Å²) in [5, 5.41) is 33.4. The molecule has 3 unspecified atom stereocenters. The van der Waals surface area contributed by atoms with Crippen LogP contribution in [0.2, 0.25) is 0 Å². The third kappa shape index (κ3) is 57.6. The summed E-state index contributed by atoms with van der Waals surface area (Å²) in [6.07, 6.45) is 86.3. The van der Waals surface area contributed by atoms with E-state index in [0.29, 0.717) is 6.42 Å². The molecule has 0 aliphatic rings. The second-order valence-corrected chi connectivity index (χ2v) is 22.3. The van der Waals surface area contributed by atoms with Crippen LogP contribution in [0.4, 0.5) is 0 Å². The van der Waals surface area contributed by atoms with Crippen LogP contribution in [0.15, 0.2) is 60.8 Å². The average Bonchev–Trinajstić information content (AvgIpc) is 3.40. The van der Waals surface area contributed by atoms with Crippen LogP contribution in [-0.2, 0) is 4.79 Å². The molecule has 5 heteroatoms. The van der Waals surface area contributed by atoms with Gasteiger partial charge in [0.25, 0.3) is 0 Å². The molecular formula is C68H127NO4. The molecule has 0 fully saturated rings. The Morgan fingerprint density at radius 2 is 0.603 bits per heavy atom. The van der Waals surface area contributed by atoms with Gasteiger partial charge in [-0.15, -0.1) is 0 Å². The van der Waals surface area contributed by atoms with Crippen LogP contribution in [0.25, 0.3) is 0 Å². The zero-order valence-electron chi connectivity index (χ0n) is 49.0. The summed E-state index contributed by atoms with van der Waals surface area (Å²) in [5.41, 5.74) is 0. The highest BCUT2D eigenvalue weighted by Gasteiger charge is 2.22. The third-order valence-corrected chi connectivity index (χ3v) is 15.1. The molecule has 5 nitrogen and oxygen atoms in total. The first-order valence-electron chi connectivity index (χ1n) is 32.6. The number of rotatable bonds is 60. The topological polar surface area (TPSA) is 89.8 Å². The molecule has 0 aromatic carbocycles. The molecule has 0 aliphatic heterocycles. The van der Waals surface area contributed by atoms with E-state index in [2.05, 4.69) is 67.8 Å². The molecule has 0 radical (unpaired) electrons. The van der Waals surface area contributed by atoms with Gasteiger partial charge in [0.1, 0.15) is 6.10 Å². The van der Waals surface area contributed by atoms with Crippen molar-refractivity contribution in [3.8, 4) is 0 Å². The average molecular weight is 1020 g/mol. The van der Waals surface area contributed by atoms with Crippen molar-refractivity contribution in [3.63, 3.8) is 0 Å². The van der Waals surface area contributed by atoms with E-state index in [1.165, 1.54) is 270 Å². The van der Waals surface area contributed by atoms with Gasteiger partial charge >= 0.3 is 0 Å². The molecule has 428 valence electrons. The lowest BCUT2D eigenvalue weighted by atomic mass is 10.0. The van der Waals surface area contributed by atoms with Crippen LogP contribution in [0.5, 0.6) is 0 Å². The zero-order valence-corrected chi connectivity index (χ0v) is 49.0. The van der Waals surface area contributed by atoms with Crippen LogP contribution < -0.4 is 5.32 Å². The van der Waals surface area contributed by atoms with E-state index in [1.54, 1.807) is 6.08 Å². The molecule has 3 atom stereocenters. The first-order chi connectivity index (χ1) is 36.1. The van der Waals surface area contributed by atoms with Gasteiger partial charge in [0.05, 0.1) is 18.8 Å². The van der Waals surface area contributed by atoms with Crippen LogP contribution in [0.1, 0.15) is 341 Å². The molecule has 0 bridgehead atoms. The van der Waals surface area contributed by atoms with E-state index in [-0.39, 0.29) is 6.61 Å². The summed E-state index contributed by atoms with van der Waals surface area (Å²) in [5.74, 6) is -0.514. The van der Waals surface area contributed by atoms with Gasteiger partial charge in [-0.3, -0.25) is 4.79 Å². The maximum Gasteiger partial charge on any atom is 0.249 e. The van der Waals surface area contributed by atoms with Crippen molar-refractivity contribution in [1.29, 1.82) is 0 Å². The Morgan fingerprint density at radius 1 is 0.342 bits per heavy atom. The molecule has 0 aromatic heterocycles. The number of hydrogen-bond donors (Lipinski definition) is 4. The zero-order chi connectivity index (χ0) is 52.9. The van der Waals surface area contributed by atoms with Crippen molar-refractivity contribution in [2.75, 3.05) is 6.61 Å². The summed E-state index contributed by atoms with van der Waals surface area (Å²) in [6, 6.07) is -0.824. The van der Waals surface area contributed by atoms with E-state index in [9.17, 15) is 20.1 Å². The van der Waals surface area contributed by atoms with E-state index in [0.717, 1.165) is 51.4 Å². The standard InChI is InChI=1S/C68H127NO4/c1-3-5-7-9-11-13-15-17-19-21-23-25-27-28-29-30-31-32-33-34-35-36-37-38-39-41-43-45-47-49-51-53-55-57-59-61-63-67(72)68(73)69-65(64-70)66(71)62-60-58-56-54-52-50-48-46-44-42-40-26-24-22-20-18-16-14-12-10-8-6-4-2/h29-30,32-33,44,46,52,54,60,62,65-67,70-72H,3-28,31,34-43,45,47-51,53,55-59,61,63-64H2,1-2H3,(H,69,73)/b30-29-,33-32-,46-44+,54-52+,62-60+. The van der Waals surface area contributed by atoms with Gasteiger partial charge in [-0.2, -0.15) is 0 Å². The van der Waals surface area contributed by atoms with E-state index in [1.807, 2.05) is 6.08 Å². The Morgan fingerprint density at radius 3 is 0.918 bits per heavy atom. The molecule has 0 rings (SSSR count). The van der Waals surface area contributed by atoms with Crippen LogP contribution in [-0.4, -0.2) is 46.1 Å². The highest BCUT2D eigenvalue weighted by atomic mass is 16.3. The number of unbranched alkanes of at least 4 members (excludes halogenated alkanes) is 44. The first-order valence-corrected chi connectivity index (χ1v) is 32.6. The molecular weight excluding hydrogens is 895 g/mol. The number of allylic oxidation sites excluding steroid dienone is 9. The summed E-state index contributed by atoms with van der Waals surface area (Å²) in [7, 11) is 0. The summed E-state index contributed by atoms with van der Waals surface area (Å²) < 4.78 is 0. The highest BCUT2D eigenvalue weighted by molar-refractivity contribution is 5.80. The smallest absolute Gasteiger partial charge is 0.249 e. The van der Waals surface area contributed by atoms with Crippen molar-refractivity contribution in [3.05, 3.63) is 60.8 Å². The number of aliphatic hydroxyl groups excluding tert-OH is 3. The van der Waals surface area contributed by atoms with Crippen LogP contribution >= 0.6 is 0 Å². The van der Waals surface area contributed by atoms with Crippen molar-refractivity contribution >= 4 is 5.91 Å². The van der Waals surface area contributed by atoms with Gasteiger partial charge in [-0.1, -0.05) is 325 Å². The maximum atomic E-state index is 12.6. The fourth-order valence-electron chi connectivity index (χ4n) is 10.0. The lowest BCUT2D eigenvalue weighted by Crippen LogP contribution is -2.48. The fourth-order valence-corrected chi connectivity index (χ4v) is 10.0. The predicted molar refractivity (Wildman–Crippen MR) is 324 cm³/mol. The number of aliphatic hydroxyl groups is 3. The summed E-state index contributed by atoms with van der Waals surface area (Å²) in [6.45, 7) is 4.20. The summed E-state index contributed by atoms with van der Waals surface area (Å²) >= 11 is 0. The Labute approximate surface area is 456 Å². The summed E-state index contributed by atoms with van der Waals surface area (Å²) in [4.78, 5) is 12.6. The van der Waals surface area contributed by atoms with E-state index < -0.39 is 24.2 Å². The molecule has 4 N–H and O–H groups in total. The van der Waals surface area contributed by atoms with E-state index in [4.69, 9.17) is 0 Å². The molecule has 73 heavy (non-hydrogen) atoms. The minimum Gasteiger partial charge on any atom is -0.394 e. The van der Waals surface area contributed by atoms with Gasteiger partial charge in [-0.05, 0) is 77.0 Å². The van der Waals surface area contributed by atoms with Crippen molar-refractivity contribution < 1.29 is 20.1 Å². The molecule has 1 amide bonds. The molecule has 0 saturated carbocycles. The van der Waals surface area contributed by atoms with Gasteiger partial charge in [0, 0.05) is 0 Å². The number of nitrogens with one attached hydrogen (secondary N) is 1. The maximum absolute atomic E-state index is 12.6. The SMILES string of the molecule is CCCCCCCCCCCCCCC/C=C\C/C=C\CCCCCCCCCCCCCCCCCCC(O)C(=O)NC(CO)C(O)/C=C/CC/C=C/CC/C=C/CCCCCCCCCCCCCCC. The third-order valence-electron chi connectivity index (χ3n) is 15.1. The van der Waals surface area contributed by atoms with Gasteiger partial charge < -0.3 is 20.6 Å². The lowest BCUT2D eigenvalue weighted by molar-refractivity contribution is -0.131. The van der Waals surface area contributed by atoms with Crippen molar-refractivity contribution in [2.45, 2.75) is 360 Å². The number of hydrogen-bond acceptors (Lipinski definition) is 4.